The lowest BCUT2D eigenvalue weighted by Crippen LogP contribution is -2.51. The van der Waals surface area contributed by atoms with E-state index in [1.807, 2.05) is 0 Å². The predicted molar refractivity (Wildman–Crippen MR) is 82.5 cm³/mol. The summed E-state index contributed by atoms with van der Waals surface area (Å²) in [5, 5.41) is 3.47. The van der Waals surface area contributed by atoms with Gasteiger partial charge in [0.1, 0.15) is 0 Å². The SMILES string of the molecule is CCOC(CC)(CC)C(CCc1ccccc1)NC. The van der Waals surface area contributed by atoms with Gasteiger partial charge in [-0.2, -0.15) is 0 Å². The second-order valence-corrected chi connectivity index (χ2v) is 5.07. The summed E-state index contributed by atoms with van der Waals surface area (Å²) in [5.41, 5.74) is 1.37. The van der Waals surface area contributed by atoms with Gasteiger partial charge in [-0.1, -0.05) is 44.2 Å². The zero-order chi connectivity index (χ0) is 14.1. The van der Waals surface area contributed by atoms with Gasteiger partial charge in [0.2, 0.25) is 0 Å². The van der Waals surface area contributed by atoms with E-state index in [-0.39, 0.29) is 5.60 Å². The van der Waals surface area contributed by atoms with Crippen LogP contribution in [-0.2, 0) is 11.2 Å². The minimum Gasteiger partial charge on any atom is -0.374 e. The number of aryl methyl sites for hydroxylation is 1. The van der Waals surface area contributed by atoms with Crippen LogP contribution in [0.4, 0.5) is 0 Å². The van der Waals surface area contributed by atoms with Crippen molar-refractivity contribution in [2.45, 2.75) is 58.1 Å². The first-order valence-corrected chi connectivity index (χ1v) is 7.57. The highest BCUT2D eigenvalue weighted by molar-refractivity contribution is 5.15. The van der Waals surface area contributed by atoms with Crippen molar-refractivity contribution < 1.29 is 4.74 Å². The van der Waals surface area contributed by atoms with Crippen LogP contribution in [0.5, 0.6) is 0 Å². The average molecular weight is 263 g/mol. The van der Waals surface area contributed by atoms with Crippen molar-refractivity contribution in [3.63, 3.8) is 0 Å². The third kappa shape index (κ3) is 4.32. The molecule has 1 atom stereocenters. The van der Waals surface area contributed by atoms with Crippen molar-refractivity contribution in [3.8, 4) is 0 Å². The molecule has 0 amide bonds. The van der Waals surface area contributed by atoms with E-state index in [0.29, 0.717) is 6.04 Å². The van der Waals surface area contributed by atoms with Crippen LogP contribution in [-0.4, -0.2) is 25.3 Å². The van der Waals surface area contributed by atoms with Gasteiger partial charge >= 0.3 is 0 Å². The summed E-state index contributed by atoms with van der Waals surface area (Å²) in [7, 11) is 2.05. The van der Waals surface area contributed by atoms with Gasteiger partial charge in [0.05, 0.1) is 5.60 Å². The van der Waals surface area contributed by atoms with Gasteiger partial charge < -0.3 is 10.1 Å². The maximum absolute atomic E-state index is 6.11. The quantitative estimate of drug-likeness (QED) is 0.731. The van der Waals surface area contributed by atoms with E-state index in [4.69, 9.17) is 4.74 Å². The molecule has 0 aromatic heterocycles. The highest BCUT2D eigenvalue weighted by Gasteiger charge is 2.35. The molecule has 0 saturated heterocycles. The summed E-state index contributed by atoms with van der Waals surface area (Å²) >= 11 is 0. The third-order valence-electron chi connectivity index (χ3n) is 4.18. The molecular weight excluding hydrogens is 234 g/mol. The Hall–Kier alpha value is -0.860. The molecule has 1 N–H and O–H groups in total. The van der Waals surface area contributed by atoms with Gasteiger partial charge in [-0.05, 0) is 45.2 Å². The fourth-order valence-electron chi connectivity index (χ4n) is 2.96. The Morgan fingerprint density at radius 1 is 1.11 bits per heavy atom. The molecule has 108 valence electrons. The summed E-state index contributed by atoms with van der Waals surface area (Å²) in [4.78, 5) is 0. The molecule has 0 heterocycles. The van der Waals surface area contributed by atoms with E-state index >= 15 is 0 Å². The number of hydrogen-bond donors (Lipinski definition) is 1. The number of nitrogens with one attached hydrogen (secondary N) is 1. The van der Waals surface area contributed by atoms with Gasteiger partial charge in [-0.3, -0.25) is 0 Å². The van der Waals surface area contributed by atoms with Crippen molar-refractivity contribution in [2.75, 3.05) is 13.7 Å². The molecule has 0 radical (unpaired) electrons. The Labute approximate surface area is 118 Å². The first-order valence-electron chi connectivity index (χ1n) is 7.57. The zero-order valence-corrected chi connectivity index (χ0v) is 12.9. The molecule has 0 spiro atoms. The minimum atomic E-state index is -0.0295. The maximum Gasteiger partial charge on any atom is 0.0829 e. The van der Waals surface area contributed by atoms with E-state index in [9.17, 15) is 0 Å². The van der Waals surface area contributed by atoms with Crippen LogP contribution in [0.1, 0.15) is 45.6 Å². The number of benzene rings is 1. The zero-order valence-electron chi connectivity index (χ0n) is 12.9. The second-order valence-electron chi connectivity index (χ2n) is 5.07. The Bertz CT molecular complexity index is 332. The second kappa shape index (κ2) is 8.34. The highest BCUT2D eigenvalue weighted by Crippen LogP contribution is 2.27. The predicted octanol–water partition coefficient (Wildman–Crippen LogP) is 3.80. The van der Waals surface area contributed by atoms with Crippen molar-refractivity contribution in [3.05, 3.63) is 35.9 Å². The Kier molecular flexibility index (Phi) is 7.11. The molecule has 0 bridgehead atoms. The number of hydrogen-bond acceptors (Lipinski definition) is 2. The molecule has 1 rings (SSSR count). The largest absolute Gasteiger partial charge is 0.374 e. The van der Waals surface area contributed by atoms with E-state index in [1.165, 1.54) is 5.56 Å². The summed E-state index contributed by atoms with van der Waals surface area (Å²) in [6, 6.07) is 11.1. The van der Waals surface area contributed by atoms with E-state index in [2.05, 4.69) is 63.5 Å². The van der Waals surface area contributed by atoms with Crippen molar-refractivity contribution in [2.24, 2.45) is 0 Å². The molecule has 0 aliphatic rings. The van der Waals surface area contributed by atoms with E-state index in [1.54, 1.807) is 0 Å². The van der Waals surface area contributed by atoms with Crippen molar-refractivity contribution in [1.82, 2.24) is 5.32 Å². The van der Waals surface area contributed by atoms with Crippen LogP contribution in [0.3, 0.4) is 0 Å². The highest BCUT2D eigenvalue weighted by atomic mass is 16.5. The minimum absolute atomic E-state index is 0.0295. The normalized spacial score (nSPS) is 13.5. The van der Waals surface area contributed by atoms with Crippen LogP contribution in [0.25, 0.3) is 0 Å². The molecule has 2 nitrogen and oxygen atoms in total. The van der Waals surface area contributed by atoms with Gasteiger partial charge in [-0.15, -0.1) is 0 Å². The molecule has 0 fully saturated rings. The van der Waals surface area contributed by atoms with Crippen LogP contribution in [0, 0.1) is 0 Å². The first-order chi connectivity index (χ1) is 9.22. The van der Waals surface area contributed by atoms with Crippen molar-refractivity contribution >= 4 is 0 Å². The molecule has 2 heteroatoms. The van der Waals surface area contributed by atoms with Gasteiger partial charge in [0.25, 0.3) is 0 Å². The van der Waals surface area contributed by atoms with E-state index in [0.717, 1.165) is 32.3 Å². The summed E-state index contributed by atoms with van der Waals surface area (Å²) in [6.07, 6.45) is 4.32. The standard InChI is InChI=1S/C17H29NO/c1-5-17(6-2,19-7-3)16(18-4)14-13-15-11-9-8-10-12-15/h8-12,16,18H,5-7,13-14H2,1-4H3. The average Bonchev–Trinajstić information content (AvgIpc) is 2.47. The smallest absolute Gasteiger partial charge is 0.0829 e. The molecule has 1 aromatic rings. The Morgan fingerprint density at radius 2 is 1.74 bits per heavy atom. The monoisotopic (exact) mass is 263 g/mol. The van der Waals surface area contributed by atoms with Crippen LogP contribution >= 0.6 is 0 Å². The summed E-state index contributed by atoms with van der Waals surface area (Å²) in [6.45, 7) is 7.33. The van der Waals surface area contributed by atoms with Gasteiger partial charge in [-0.25, -0.2) is 0 Å². The molecule has 0 saturated carbocycles. The van der Waals surface area contributed by atoms with E-state index < -0.39 is 0 Å². The van der Waals surface area contributed by atoms with Crippen molar-refractivity contribution in [1.29, 1.82) is 0 Å². The summed E-state index contributed by atoms with van der Waals surface area (Å²) < 4.78 is 6.11. The molecule has 1 aromatic carbocycles. The lowest BCUT2D eigenvalue weighted by molar-refractivity contribution is -0.0721. The topological polar surface area (TPSA) is 21.3 Å². The van der Waals surface area contributed by atoms with Crippen LogP contribution < -0.4 is 5.32 Å². The van der Waals surface area contributed by atoms with Crippen LogP contribution in [0.2, 0.25) is 0 Å². The molecule has 19 heavy (non-hydrogen) atoms. The lowest BCUT2D eigenvalue weighted by Gasteiger charge is -2.39. The Balaban J connectivity index is 2.69. The maximum atomic E-state index is 6.11. The lowest BCUT2D eigenvalue weighted by atomic mass is 9.84. The third-order valence-corrected chi connectivity index (χ3v) is 4.18. The number of ether oxygens (including phenoxy) is 1. The fourth-order valence-corrected chi connectivity index (χ4v) is 2.96. The van der Waals surface area contributed by atoms with Crippen LogP contribution in [0.15, 0.2) is 30.3 Å². The molecule has 0 aliphatic carbocycles. The number of likely N-dealkylation sites (N-methyl/N-ethyl adjacent to an activating group) is 1. The molecule has 1 unspecified atom stereocenters. The first kappa shape index (κ1) is 16.2. The molecular formula is C17H29NO. The number of rotatable bonds is 9. The Morgan fingerprint density at radius 3 is 2.21 bits per heavy atom. The van der Waals surface area contributed by atoms with Gasteiger partial charge in [0, 0.05) is 12.6 Å². The summed E-state index contributed by atoms with van der Waals surface area (Å²) in [5.74, 6) is 0. The van der Waals surface area contributed by atoms with Gasteiger partial charge in [0.15, 0.2) is 0 Å². The molecule has 0 aliphatic heterocycles. The fraction of sp³-hybridized carbons (Fsp3) is 0.647.